The lowest BCUT2D eigenvalue weighted by atomic mass is 9.83. The van der Waals surface area contributed by atoms with E-state index in [4.69, 9.17) is 4.74 Å². The standard InChI is InChI=1S/C23H17BrN2O3/c1-2-29-22(28)23(12-19(23)21(27)16-9-6-10-18(24)11-16)20(17(13-25)14-26)15-7-4-3-5-8-15/h3-11,19H,2,12H2,1H3/t19-,23+/m0/s1. The summed E-state index contributed by atoms with van der Waals surface area (Å²) in [4.78, 5) is 26.3. The average Bonchev–Trinajstić information content (AvgIpc) is 3.48. The second kappa shape index (κ2) is 8.43. The molecule has 0 bridgehead atoms. The molecule has 1 fully saturated rings. The molecule has 5 nitrogen and oxygen atoms in total. The predicted octanol–water partition coefficient (Wildman–Crippen LogP) is 4.70. The number of hydrogen-bond acceptors (Lipinski definition) is 5. The summed E-state index contributed by atoms with van der Waals surface area (Å²) in [7, 11) is 0. The normalized spacial score (nSPS) is 19.4. The Kier molecular flexibility index (Phi) is 5.96. The Morgan fingerprint density at radius 3 is 2.34 bits per heavy atom. The van der Waals surface area contributed by atoms with E-state index in [0.717, 1.165) is 4.47 Å². The van der Waals surface area contributed by atoms with Gasteiger partial charge in [0.1, 0.15) is 23.1 Å². The van der Waals surface area contributed by atoms with E-state index in [1.54, 1.807) is 61.5 Å². The number of esters is 1. The van der Waals surface area contributed by atoms with Crippen molar-refractivity contribution >= 4 is 33.3 Å². The molecule has 0 amide bonds. The van der Waals surface area contributed by atoms with Gasteiger partial charge in [0.2, 0.25) is 0 Å². The monoisotopic (exact) mass is 448 g/mol. The molecule has 0 radical (unpaired) electrons. The fourth-order valence-electron chi connectivity index (χ4n) is 3.65. The number of Topliss-reactive ketones (excluding diaryl/α,β-unsaturated/α-hetero) is 1. The van der Waals surface area contributed by atoms with E-state index in [-0.39, 0.29) is 30.0 Å². The predicted molar refractivity (Wildman–Crippen MR) is 110 cm³/mol. The molecule has 144 valence electrons. The molecule has 1 saturated carbocycles. The zero-order valence-corrected chi connectivity index (χ0v) is 17.3. The van der Waals surface area contributed by atoms with Crippen molar-refractivity contribution in [3.63, 3.8) is 0 Å². The van der Waals surface area contributed by atoms with E-state index in [9.17, 15) is 20.1 Å². The van der Waals surface area contributed by atoms with Gasteiger partial charge in [0, 0.05) is 21.5 Å². The fraction of sp³-hybridized carbons (Fsp3) is 0.217. The van der Waals surface area contributed by atoms with Crippen molar-refractivity contribution in [3.05, 3.63) is 75.8 Å². The molecule has 0 N–H and O–H groups in total. The number of benzene rings is 2. The molecular formula is C23H17BrN2O3. The number of allylic oxidation sites excluding steroid dienone is 1. The van der Waals surface area contributed by atoms with Crippen molar-refractivity contribution < 1.29 is 14.3 Å². The summed E-state index contributed by atoms with van der Waals surface area (Å²) in [5.41, 5.74) is -0.261. The number of hydrogen-bond donors (Lipinski definition) is 0. The number of carbonyl (C=O) groups is 2. The molecule has 2 aromatic rings. The zero-order valence-electron chi connectivity index (χ0n) is 15.7. The minimum atomic E-state index is -1.35. The minimum absolute atomic E-state index is 0.134. The Labute approximate surface area is 177 Å². The van der Waals surface area contributed by atoms with Gasteiger partial charge in [0.25, 0.3) is 0 Å². The molecule has 0 aromatic heterocycles. The zero-order chi connectivity index (χ0) is 21.0. The number of ketones is 1. The van der Waals surface area contributed by atoms with Gasteiger partial charge in [-0.25, -0.2) is 0 Å². The number of nitrogens with zero attached hydrogens (tertiary/aromatic N) is 2. The molecule has 0 aliphatic heterocycles. The van der Waals surface area contributed by atoms with E-state index in [1.165, 1.54) is 0 Å². The van der Waals surface area contributed by atoms with E-state index in [2.05, 4.69) is 15.9 Å². The number of rotatable bonds is 6. The van der Waals surface area contributed by atoms with E-state index in [1.807, 2.05) is 12.1 Å². The Morgan fingerprint density at radius 1 is 1.10 bits per heavy atom. The van der Waals surface area contributed by atoms with Gasteiger partial charge in [0.05, 0.1) is 6.61 Å². The van der Waals surface area contributed by atoms with Crippen LogP contribution in [0.15, 0.2) is 64.6 Å². The molecule has 2 atom stereocenters. The summed E-state index contributed by atoms with van der Waals surface area (Å²) in [6.07, 6.45) is 0.189. The van der Waals surface area contributed by atoms with Crippen LogP contribution in [-0.2, 0) is 9.53 Å². The van der Waals surface area contributed by atoms with Crippen molar-refractivity contribution in [2.24, 2.45) is 11.3 Å². The topological polar surface area (TPSA) is 90.9 Å². The summed E-state index contributed by atoms with van der Waals surface area (Å²) in [6.45, 7) is 1.81. The molecule has 0 spiro atoms. The van der Waals surface area contributed by atoms with Gasteiger partial charge in [-0.1, -0.05) is 58.4 Å². The van der Waals surface area contributed by atoms with Crippen molar-refractivity contribution in [2.75, 3.05) is 6.61 Å². The fourth-order valence-corrected chi connectivity index (χ4v) is 4.05. The summed E-state index contributed by atoms with van der Waals surface area (Å²) in [6, 6.07) is 19.5. The van der Waals surface area contributed by atoms with Crippen molar-refractivity contribution in [2.45, 2.75) is 13.3 Å². The first-order valence-corrected chi connectivity index (χ1v) is 9.86. The minimum Gasteiger partial charge on any atom is -0.465 e. The van der Waals surface area contributed by atoms with Crippen LogP contribution >= 0.6 is 15.9 Å². The van der Waals surface area contributed by atoms with Crippen molar-refractivity contribution in [1.82, 2.24) is 0 Å². The van der Waals surface area contributed by atoms with Gasteiger partial charge in [-0.15, -0.1) is 0 Å². The summed E-state index contributed by atoms with van der Waals surface area (Å²) < 4.78 is 6.05. The first kappa shape index (κ1) is 20.5. The highest BCUT2D eigenvalue weighted by molar-refractivity contribution is 9.10. The smallest absolute Gasteiger partial charge is 0.317 e. The van der Waals surface area contributed by atoms with Gasteiger partial charge >= 0.3 is 5.97 Å². The third-order valence-corrected chi connectivity index (χ3v) is 5.50. The van der Waals surface area contributed by atoms with Crippen LogP contribution in [0.5, 0.6) is 0 Å². The molecule has 3 rings (SSSR count). The molecule has 0 heterocycles. The maximum absolute atomic E-state index is 13.2. The van der Waals surface area contributed by atoms with Crippen LogP contribution in [0.4, 0.5) is 0 Å². The van der Waals surface area contributed by atoms with E-state index in [0.29, 0.717) is 11.1 Å². The highest BCUT2D eigenvalue weighted by Gasteiger charge is 2.67. The highest BCUT2D eigenvalue weighted by atomic mass is 79.9. The third kappa shape index (κ3) is 3.72. The first-order valence-electron chi connectivity index (χ1n) is 9.07. The van der Waals surface area contributed by atoms with Crippen LogP contribution in [0.2, 0.25) is 0 Å². The lowest BCUT2D eigenvalue weighted by Gasteiger charge is -2.20. The molecule has 1 aliphatic rings. The highest BCUT2D eigenvalue weighted by Crippen LogP contribution is 2.63. The number of nitriles is 2. The van der Waals surface area contributed by atoms with Gasteiger partial charge in [-0.05, 0) is 31.0 Å². The lowest BCUT2D eigenvalue weighted by Crippen LogP contribution is -2.26. The molecule has 0 saturated heterocycles. The van der Waals surface area contributed by atoms with Crippen LogP contribution in [0.3, 0.4) is 0 Å². The maximum Gasteiger partial charge on any atom is 0.317 e. The molecule has 2 aromatic carbocycles. The Hall–Kier alpha value is -3.22. The Morgan fingerprint density at radius 2 is 1.76 bits per heavy atom. The third-order valence-electron chi connectivity index (χ3n) is 5.01. The van der Waals surface area contributed by atoms with Crippen molar-refractivity contribution in [3.8, 4) is 12.1 Å². The molecule has 6 heteroatoms. The van der Waals surface area contributed by atoms with Crippen LogP contribution in [0.25, 0.3) is 5.57 Å². The van der Waals surface area contributed by atoms with Gasteiger partial charge in [0.15, 0.2) is 5.78 Å². The quantitative estimate of drug-likeness (QED) is 0.362. The number of carbonyl (C=O) groups excluding carboxylic acids is 2. The Balaban J connectivity index is 2.17. The second-order valence-electron chi connectivity index (χ2n) is 6.66. The number of halogens is 1. The van der Waals surface area contributed by atoms with Gasteiger partial charge in [-0.3, -0.25) is 9.59 Å². The lowest BCUT2D eigenvalue weighted by molar-refractivity contribution is -0.147. The van der Waals surface area contributed by atoms with Gasteiger partial charge < -0.3 is 4.74 Å². The van der Waals surface area contributed by atoms with Crippen molar-refractivity contribution in [1.29, 1.82) is 10.5 Å². The first-order chi connectivity index (χ1) is 14.0. The molecule has 0 unspecified atom stereocenters. The molecule has 29 heavy (non-hydrogen) atoms. The number of ether oxygens (including phenoxy) is 1. The summed E-state index contributed by atoms with van der Waals surface area (Å²) in [5, 5.41) is 19.1. The van der Waals surface area contributed by atoms with Gasteiger partial charge in [-0.2, -0.15) is 10.5 Å². The average molecular weight is 449 g/mol. The Bertz CT molecular complexity index is 1060. The summed E-state index contributed by atoms with van der Waals surface area (Å²) >= 11 is 3.35. The van der Waals surface area contributed by atoms with Crippen LogP contribution < -0.4 is 0 Å². The largest absolute Gasteiger partial charge is 0.465 e. The van der Waals surface area contributed by atoms with Crippen LogP contribution in [-0.4, -0.2) is 18.4 Å². The molecule has 1 aliphatic carbocycles. The van der Waals surface area contributed by atoms with Crippen LogP contribution in [0, 0.1) is 34.0 Å². The van der Waals surface area contributed by atoms with Crippen LogP contribution in [0.1, 0.15) is 29.3 Å². The SMILES string of the molecule is CCOC(=O)[C@]1(C(=C(C#N)C#N)c2ccccc2)C[C@H]1C(=O)c1cccc(Br)c1. The second-order valence-corrected chi connectivity index (χ2v) is 7.58. The molecular weight excluding hydrogens is 432 g/mol. The van der Waals surface area contributed by atoms with E-state index >= 15 is 0 Å². The maximum atomic E-state index is 13.2. The summed E-state index contributed by atoms with van der Waals surface area (Å²) in [5.74, 6) is -1.51. The van der Waals surface area contributed by atoms with E-state index < -0.39 is 17.3 Å².